The molecule has 2 N–H and O–H groups in total. The van der Waals surface area contributed by atoms with Gasteiger partial charge >= 0.3 is 0 Å². The average Bonchev–Trinajstić information content (AvgIpc) is 2.17. The summed E-state index contributed by atoms with van der Waals surface area (Å²) >= 11 is 3.47. The van der Waals surface area contributed by atoms with E-state index < -0.39 is 0 Å². The van der Waals surface area contributed by atoms with E-state index in [1.54, 1.807) is 0 Å². The normalized spacial score (nSPS) is 12.8. The van der Waals surface area contributed by atoms with Crippen LogP contribution in [0.25, 0.3) is 0 Å². The van der Waals surface area contributed by atoms with Gasteiger partial charge in [0.05, 0.1) is 0 Å². The quantitative estimate of drug-likeness (QED) is 0.857. The third-order valence-corrected chi connectivity index (χ3v) is 2.95. The van der Waals surface area contributed by atoms with Crippen LogP contribution in [0.5, 0.6) is 0 Å². The van der Waals surface area contributed by atoms with Gasteiger partial charge in [0.25, 0.3) is 0 Å². The van der Waals surface area contributed by atoms with Crippen molar-refractivity contribution in [1.82, 2.24) is 0 Å². The zero-order valence-electron chi connectivity index (χ0n) is 8.67. The Morgan fingerprint density at radius 2 is 2.21 bits per heavy atom. The number of halogens is 1. The fraction of sp³-hybridized carbons (Fsp3) is 0.500. The molecule has 14 heavy (non-hydrogen) atoms. The average molecular weight is 256 g/mol. The standard InChI is InChI=1S/C12H18BrN/c1-2-12(14)8-4-6-10-5-3-7-11(13)9-10/h3,5,7,9,12H,2,4,6,8,14H2,1H3. The lowest BCUT2D eigenvalue weighted by Crippen LogP contribution is -2.18. The maximum atomic E-state index is 5.86. The minimum Gasteiger partial charge on any atom is -0.328 e. The lowest BCUT2D eigenvalue weighted by atomic mass is 10.0. The van der Waals surface area contributed by atoms with Gasteiger partial charge in [0.1, 0.15) is 0 Å². The number of rotatable bonds is 5. The molecule has 78 valence electrons. The Balaban J connectivity index is 2.31. The largest absolute Gasteiger partial charge is 0.328 e. The van der Waals surface area contributed by atoms with E-state index in [-0.39, 0.29) is 0 Å². The molecule has 1 atom stereocenters. The molecule has 0 aliphatic rings. The molecule has 0 bridgehead atoms. The van der Waals surface area contributed by atoms with Crippen LogP contribution in [-0.4, -0.2) is 6.04 Å². The van der Waals surface area contributed by atoms with E-state index in [1.807, 2.05) is 0 Å². The van der Waals surface area contributed by atoms with E-state index in [0.717, 1.165) is 23.7 Å². The second kappa shape index (κ2) is 6.20. The molecule has 0 amide bonds. The summed E-state index contributed by atoms with van der Waals surface area (Å²) in [5, 5.41) is 0. The molecule has 0 aliphatic heterocycles. The summed E-state index contributed by atoms with van der Waals surface area (Å²) in [6.07, 6.45) is 4.53. The van der Waals surface area contributed by atoms with Crippen molar-refractivity contribution < 1.29 is 0 Å². The molecule has 1 nitrogen and oxygen atoms in total. The highest BCUT2D eigenvalue weighted by Crippen LogP contribution is 2.14. The van der Waals surface area contributed by atoms with Crippen molar-refractivity contribution in [2.75, 3.05) is 0 Å². The molecular formula is C12H18BrN. The number of nitrogens with two attached hydrogens (primary N) is 1. The molecule has 0 saturated carbocycles. The van der Waals surface area contributed by atoms with Crippen LogP contribution in [0.4, 0.5) is 0 Å². The van der Waals surface area contributed by atoms with Crippen LogP contribution in [-0.2, 0) is 6.42 Å². The van der Waals surface area contributed by atoms with Crippen molar-refractivity contribution in [2.24, 2.45) is 5.73 Å². The van der Waals surface area contributed by atoms with Crippen molar-refractivity contribution in [3.05, 3.63) is 34.3 Å². The van der Waals surface area contributed by atoms with Gasteiger partial charge in [-0.05, 0) is 43.4 Å². The monoisotopic (exact) mass is 255 g/mol. The molecule has 0 radical (unpaired) electrons. The van der Waals surface area contributed by atoms with Crippen LogP contribution >= 0.6 is 15.9 Å². The maximum absolute atomic E-state index is 5.86. The molecule has 1 aromatic rings. The summed E-state index contributed by atoms with van der Waals surface area (Å²) in [5.41, 5.74) is 7.25. The highest BCUT2D eigenvalue weighted by molar-refractivity contribution is 9.10. The summed E-state index contributed by atoms with van der Waals surface area (Å²) in [4.78, 5) is 0. The van der Waals surface area contributed by atoms with Gasteiger partial charge in [0.15, 0.2) is 0 Å². The minimum atomic E-state index is 0.377. The Morgan fingerprint density at radius 3 is 2.86 bits per heavy atom. The molecule has 2 heteroatoms. The van der Waals surface area contributed by atoms with Crippen molar-refractivity contribution >= 4 is 15.9 Å². The van der Waals surface area contributed by atoms with E-state index in [2.05, 4.69) is 47.1 Å². The van der Waals surface area contributed by atoms with Crippen molar-refractivity contribution in [1.29, 1.82) is 0 Å². The number of benzene rings is 1. The predicted molar refractivity (Wildman–Crippen MR) is 65.3 cm³/mol. The fourth-order valence-corrected chi connectivity index (χ4v) is 1.91. The molecule has 0 aliphatic carbocycles. The van der Waals surface area contributed by atoms with E-state index in [9.17, 15) is 0 Å². The van der Waals surface area contributed by atoms with Crippen LogP contribution in [0.2, 0.25) is 0 Å². The Morgan fingerprint density at radius 1 is 1.43 bits per heavy atom. The Bertz CT molecular complexity index is 273. The Hall–Kier alpha value is -0.340. The third-order valence-electron chi connectivity index (χ3n) is 2.45. The first kappa shape index (κ1) is 11.7. The number of hydrogen-bond acceptors (Lipinski definition) is 1. The minimum absolute atomic E-state index is 0.377. The Kier molecular flexibility index (Phi) is 5.20. The van der Waals surface area contributed by atoms with Gasteiger partial charge in [0.2, 0.25) is 0 Å². The Labute approximate surface area is 94.8 Å². The molecule has 0 aromatic heterocycles. The van der Waals surface area contributed by atoms with Gasteiger partial charge in [0, 0.05) is 10.5 Å². The summed E-state index contributed by atoms with van der Waals surface area (Å²) in [7, 11) is 0. The zero-order chi connectivity index (χ0) is 10.4. The van der Waals surface area contributed by atoms with Crippen LogP contribution in [0.15, 0.2) is 28.7 Å². The van der Waals surface area contributed by atoms with E-state index in [0.29, 0.717) is 6.04 Å². The van der Waals surface area contributed by atoms with Crippen LogP contribution in [0.3, 0.4) is 0 Å². The first-order valence-corrected chi connectivity index (χ1v) is 6.01. The van der Waals surface area contributed by atoms with Crippen molar-refractivity contribution in [2.45, 2.75) is 38.6 Å². The first-order valence-electron chi connectivity index (χ1n) is 5.22. The zero-order valence-corrected chi connectivity index (χ0v) is 10.3. The summed E-state index contributed by atoms with van der Waals surface area (Å²) in [5.74, 6) is 0. The van der Waals surface area contributed by atoms with Gasteiger partial charge in [-0.1, -0.05) is 35.0 Å². The van der Waals surface area contributed by atoms with Gasteiger partial charge in [-0.15, -0.1) is 0 Å². The van der Waals surface area contributed by atoms with Gasteiger partial charge < -0.3 is 5.73 Å². The van der Waals surface area contributed by atoms with E-state index in [4.69, 9.17) is 5.73 Å². The molecule has 1 rings (SSSR count). The molecule has 1 unspecified atom stereocenters. The van der Waals surface area contributed by atoms with Crippen molar-refractivity contribution in [3.63, 3.8) is 0 Å². The molecule has 0 fully saturated rings. The molecule has 0 saturated heterocycles. The van der Waals surface area contributed by atoms with Gasteiger partial charge in [-0.3, -0.25) is 0 Å². The lowest BCUT2D eigenvalue weighted by molar-refractivity contribution is 0.568. The van der Waals surface area contributed by atoms with Crippen LogP contribution in [0, 0.1) is 0 Å². The van der Waals surface area contributed by atoms with Gasteiger partial charge in [-0.25, -0.2) is 0 Å². The van der Waals surface area contributed by atoms with Gasteiger partial charge in [-0.2, -0.15) is 0 Å². The SMILES string of the molecule is CCC(N)CCCc1cccc(Br)c1. The summed E-state index contributed by atoms with van der Waals surface area (Å²) < 4.78 is 1.16. The molecule has 0 heterocycles. The first-order chi connectivity index (χ1) is 6.72. The van der Waals surface area contributed by atoms with Crippen molar-refractivity contribution in [3.8, 4) is 0 Å². The molecule has 1 aromatic carbocycles. The second-order valence-corrected chi connectivity index (χ2v) is 4.61. The maximum Gasteiger partial charge on any atom is 0.0177 e. The number of hydrogen-bond donors (Lipinski definition) is 1. The molecule has 0 spiro atoms. The number of aryl methyl sites for hydroxylation is 1. The second-order valence-electron chi connectivity index (χ2n) is 3.69. The van der Waals surface area contributed by atoms with Crippen LogP contribution in [0.1, 0.15) is 31.7 Å². The van der Waals surface area contributed by atoms with Crippen LogP contribution < -0.4 is 5.73 Å². The fourth-order valence-electron chi connectivity index (χ4n) is 1.46. The highest BCUT2D eigenvalue weighted by Gasteiger charge is 1.99. The summed E-state index contributed by atoms with van der Waals surface area (Å²) in [6.45, 7) is 2.14. The third kappa shape index (κ3) is 4.25. The van der Waals surface area contributed by atoms with E-state index >= 15 is 0 Å². The molecular weight excluding hydrogens is 238 g/mol. The smallest absolute Gasteiger partial charge is 0.0177 e. The topological polar surface area (TPSA) is 26.0 Å². The predicted octanol–water partition coefficient (Wildman–Crippen LogP) is 3.51. The van der Waals surface area contributed by atoms with E-state index in [1.165, 1.54) is 12.0 Å². The highest BCUT2D eigenvalue weighted by atomic mass is 79.9. The lowest BCUT2D eigenvalue weighted by Gasteiger charge is -2.07. The summed E-state index contributed by atoms with van der Waals surface area (Å²) in [6, 6.07) is 8.86.